The van der Waals surface area contributed by atoms with Gasteiger partial charge in [0.15, 0.2) is 0 Å². The fourth-order valence-electron chi connectivity index (χ4n) is 2.52. The highest BCUT2D eigenvalue weighted by Crippen LogP contribution is 2.22. The topological polar surface area (TPSA) is 23.6 Å². The van der Waals surface area contributed by atoms with Crippen molar-refractivity contribution in [1.82, 2.24) is 5.01 Å². The van der Waals surface area contributed by atoms with Gasteiger partial charge in [-0.3, -0.25) is 4.79 Å². The molecule has 1 radical (unpaired) electrons. The summed E-state index contributed by atoms with van der Waals surface area (Å²) in [5.74, 6) is -0.0151. The first-order valence-electron chi connectivity index (χ1n) is 6.97. The SMILES string of the molecule is O=C(c1[c]cccc1)N(c1ccccc1)N1CCCC1. The van der Waals surface area contributed by atoms with Crippen LogP contribution in [0.4, 0.5) is 5.69 Å². The van der Waals surface area contributed by atoms with Crippen LogP contribution in [0.5, 0.6) is 0 Å². The number of benzene rings is 2. The molecule has 0 saturated carbocycles. The lowest BCUT2D eigenvalue weighted by atomic mass is 10.2. The van der Waals surface area contributed by atoms with Gasteiger partial charge in [-0.1, -0.05) is 36.4 Å². The van der Waals surface area contributed by atoms with Gasteiger partial charge in [0, 0.05) is 18.7 Å². The lowest BCUT2D eigenvalue weighted by Gasteiger charge is -2.31. The molecule has 101 valence electrons. The Bertz CT molecular complexity index is 562. The monoisotopic (exact) mass is 265 g/mol. The predicted molar refractivity (Wildman–Crippen MR) is 79.3 cm³/mol. The van der Waals surface area contributed by atoms with E-state index in [0.29, 0.717) is 5.56 Å². The summed E-state index contributed by atoms with van der Waals surface area (Å²) in [6.45, 7) is 1.85. The highest BCUT2D eigenvalue weighted by Gasteiger charge is 2.26. The fourth-order valence-corrected chi connectivity index (χ4v) is 2.52. The van der Waals surface area contributed by atoms with Crippen LogP contribution in [0, 0.1) is 6.07 Å². The van der Waals surface area contributed by atoms with E-state index in [1.54, 1.807) is 11.1 Å². The summed E-state index contributed by atoms with van der Waals surface area (Å²) in [6, 6.07) is 20.2. The summed E-state index contributed by atoms with van der Waals surface area (Å²) < 4.78 is 0. The van der Waals surface area contributed by atoms with Gasteiger partial charge in [-0.2, -0.15) is 0 Å². The zero-order valence-electron chi connectivity index (χ0n) is 11.3. The third kappa shape index (κ3) is 2.58. The Labute approximate surface area is 119 Å². The third-order valence-electron chi connectivity index (χ3n) is 3.50. The maximum atomic E-state index is 12.8. The van der Waals surface area contributed by atoms with E-state index in [1.807, 2.05) is 48.5 Å². The van der Waals surface area contributed by atoms with Crippen LogP contribution in [0.3, 0.4) is 0 Å². The Morgan fingerprint density at radius 3 is 2.35 bits per heavy atom. The number of amides is 1. The molecule has 1 saturated heterocycles. The van der Waals surface area contributed by atoms with Gasteiger partial charge in [0.1, 0.15) is 0 Å². The van der Waals surface area contributed by atoms with Crippen molar-refractivity contribution in [2.24, 2.45) is 0 Å². The summed E-state index contributed by atoms with van der Waals surface area (Å²) in [5.41, 5.74) is 1.51. The summed E-state index contributed by atoms with van der Waals surface area (Å²) in [4.78, 5) is 12.8. The van der Waals surface area contributed by atoms with Gasteiger partial charge in [-0.15, -0.1) is 0 Å². The van der Waals surface area contributed by atoms with Crippen molar-refractivity contribution in [2.45, 2.75) is 12.8 Å². The molecule has 0 spiro atoms. The predicted octanol–water partition coefficient (Wildman–Crippen LogP) is 3.14. The van der Waals surface area contributed by atoms with Crippen LogP contribution in [-0.4, -0.2) is 24.0 Å². The Morgan fingerprint density at radius 2 is 1.70 bits per heavy atom. The molecule has 2 aromatic carbocycles. The highest BCUT2D eigenvalue weighted by atomic mass is 16.2. The molecule has 1 aliphatic heterocycles. The van der Waals surface area contributed by atoms with Crippen LogP contribution in [0.15, 0.2) is 54.6 Å². The molecule has 0 aliphatic carbocycles. The average Bonchev–Trinajstić information content (AvgIpc) is 3.03. The van der Waals surface area contributed by atoms with Crippen molar-refractivity contribution in [3.05, 3.63) is 66.2 Å². The molecule has 0 atom stereocenters. The normalized spacial score (nSPS) is 15.2. The maximum absolute atomic E-state index is 12.8. The van der Waals surface area contributed by atoms with Crippen LogP contribution < -0.4 is 5.01 Å². The molecule has 1 heterocycles. The van der Waals surface area contributed by atoms with E-state index >= 15 is 0 Å². The van der Waals surface area contributed by atoms with Crippen molar-refractivity contribution in [3.63, 3.8) is 0 Å². The number of nitrogens with zero attached hydrogens (tertiary/aromatic N) is 2. The molecule has 0 aromatic heterocycles. The van der Waals surface area contributed by atoms with Crippen LogP contribution in [0.25, 0.3) is 0 Å². The number of anilines is 1. The Balaban J connectivity index is 1.95. The van der Waals surface area contributed by atoms with Crippen LogP contribution in [-0.2, 0) is 0 Å². The van der Waals surface area contributed by atoms with Gasteiger partial charge >= 0.3 is 0 Å². The van der Waals surface area contributed by atoms with Gasteiger partial charge in [0.2, 0.25) is 0 Å². The van der Waals surface area contributed by atoms with Gasteiger partial charge in [0.05, 0.1) is 5.69 Å². The van der Waals surface area contributed by atoms with Gasteiger partial charge in [-0.25, -0.2) is 10.0 Å². The number of hydrogen-bond acceptors (Lipinski definition) is 2. The Morgan fingerprint density at radius 1 is 1.00 bits per heavy atom. The summed E-state index contributed by atoms with van der Waals surface area (Å²) in [7, 11) is 0. The summed E-state index contributed by atoms with van der Waals surface area (Å²) in [5, 5.41) is 3.91. The van der Waals surface area contributed by atoms with Gasteiger partial charge in [-0.05, 0) is 37.1 Å². The minimum Gasteiger partial charge on any atom is -0.267 e. The van der Waals surface area contributed by atoms with E-state index in [1.165, 1.54) is 0 Å². The molecule has 3 heteroatoms. The molecule has 3 nitrogen and oxygen atoms in total. The van der Waals surface area contributed by atoms with Crippen molar-refractivity contribution < 1.29 is 4.79 Å². The third-order valence-corrected chi connectivity index (χ3v) is 3.50. The second-order valence-corrected chi connectivity index (χ2v) is 4.89. The van der Waals surface area contributed by atoms with Crippen molar-refractivity contribution in [2.75, 3.05) is 18.1 Å². The zero-order chi connectivity index (χ0) is 13.8. The zero-order valence-corrected chi connectivity index (χ0v) is 11.3. The van der Waals surface area contributed by atoms with E-state index in [9.17, 15) is 4.79 Å². The number of hydrogen-bond donors (Lipinski definition) is 0. The minimum absolute atomic E-state index is 0.0151. The Hall–Kier alpha value is -2.13. The fraction of sp³-hybridized carbons (Fsp3) is 0.235. The first-order valence-corrected chi connectivity index (χ1v) is 6.97. The van der Waals surface area contributed by atoms with Gasteiger partial charge in [0.25, 0.3) is 5.91 Å². The molecule has 3 rings (SSSR count). The van der Waals surface area contributed by atoms with Crippen LogP contribution in [0.2, 0.25) is 0 Å². The molecular formula is C17H17N2O. The number of carbonyl (C=O) groups excluding carboxylic acids is 1. The molecule has 0 N–H and O–H groups in total. The quantitative estimate of drug-likeness (QED) is 0.851. The second kappa shape index (κ2) is 5.88. The van der Waals surface area contributed by atoms with E-state index < -0.39 is 0 Å². The molecule has 1 fully saturated rings. The Kier molecular flexibility index (Phi) is 3.79. The first-order chi connectivity index (χ1) is 9.86. The minimum atomic E-state index is -0.0151. The van der Waals surface area contributed by atoms with Crippen molar-refractivity contribution in [1.29, 1.82) is 0 Å². The lowest BCUT2D eigenvalue weighted by molar-refractivity contribution is 0.0913. The average molecular weight is 265 g/mol. The van der Waals surface area contributed by atoms with E-state index in [4.69, 9.17) is 0 Å². The standard InChI is InChI=1S/C17H17N2O/c20-17(15-9-3-1-4-10-15)19(18-13-7-8-14-18)16-11-5-2-6-12-16/h1-6,9,11-12H,7-8,13-14H2. The molecule has 0 unspecified atom stereocenters. The van der Waals surface area contributed by atoms with E-state index in [2.05, 4.69) is 11.1 Å². The van der Waals surface area contributed by atoms with E-state index in [-0.39, 0.29) is 5.91 Å². The highest BCUT2D eigenvalue weighted by molar-refractivity contribution is 6.05. The van der Waals surface area contributed by atoms with Crippen LogP contribution in [0.1, 0.15) is 23.2 Å². The smallest absolute Gasteiger partial charge is 0.267 e. The molecule has 20 heavy (non-hydrogen) atoms. The molecule has 1 aliphatic rings. The largest absolute Gasteiger partial charge is 0.273 e. The number of carbonyl (C=O) groups is 1. The molecule has 1 amide bonds. The van der Waals surface area contributed by atoms with Crippen molar-refractivity contribution in [3.8, 4) is 0 Å². The van der Waals surface area contributed by atoms with Crippen LogP contribution >= 0.6 is 0 Å². The number of rotatable bonds is 3. The molecule has 0 bridgehead atoms. The van der Waals surface area contributed by atoms with E-state index in [0.717, 1.165) is 31.6 Å². The summed E-state index contributed by atoms with van der Waals surface area (Å²) >= 11 is 0. The first kappa shape index (κ1) is 12.9. The number of hydrazine groups is 1. The molecule has 2 aromatic rings. The van der Waals surface area contributed by atoms with Gasteiger partial charge < -0.3 is 0 Å². The molecular weight excluding hydrogens is 248 g/mol. The lowest BCUT2D eigenvalue weighted by Crippen LogP contribution is -2.45. The second-order valence-electron chi connectivity index (χ2n) is 4.89. The maximum Gasteiger partial charge on any atom is 0.273 e. The van der Waals surface area contributed by atoms with Crippen molar-refractivity contribution >= 4 is 11.6 Å². The number of para-hydroxylation sites is 1. The summed E-state index contributed by atoms with van der Waals surface area (Å²) in [6.07, 6.45) is 2.27.